The number of hydrogen-bond acceptors (Lipinski definition) is 9. The van der Waals surface area contributed by atoms with Crippen LogP contribution in [0, 0.1) is 5.92 Å². The second kappa shape index (κ2) is 15.0. The van der Waals surface area contributed by atoms with Crippen molar-refractivity contribution in [1.82, 2.24) is 10.3 Å². The highest BCUT2D eigenvalue weighted by Gasteiger charge is 2.32. The maximum absolute atomic E-state index is 13.0. The van der Waals surface area contributed by atoms with E-state index in [0.29, 0.717) is 10.8 Å². The van der Waals surface area contributed by atoms with Crippen molar-refractivity contribution >= 4 is 29.4 Å². The van der Waals surface area contributed by atoms with Crippen molar-refractivity contribution < 1.29 is 38.1 Å². The van der Waals surface area contributed by atoms with Gasteiger partial charge in [-0.15, -0.1) is 0 Å². The summed E-state index contributed by atoms with van der Waals surface area (Å²) in [7, 11) is 1.39. The molecular formula is C27H35ClN2O8. The monoisotopic (exact) mass is 550 g/mol. The van der Waals surface area contributed by atoms with Crippen LogP contribution in [0.2, 0.25) is 5.02 Å². The summed E-state index contributed by atoms with van der Waals surface area (Å²) in [4.78, 5) is 41.0. The van der Waals surface area contributed by atoms with Gasteiger partial charge in [0.1, 0.15) is 24.0 Å². The predicted octanol–water partition coefficient (Wildman–Crippen LogP) is 4.58. The molecule has 1 aromatic carbocycles. The van der Waals surface area contributed by atoms with E-state index in [9.17, 15) is 14.4 Å². The van der Waals surface area contributed by atoms with Crippen molar-refractivity contribution in [3.05, 3.63) is 47.2 Å². The lowest BCUT2D eigenvalue weighted by Gasteiger charge is -2.31. The van der Waals surface area contributed by atoms with E-state index in [0.717, 1.165) is 12.8 Å². The Morgan fingerprint density at radius 2 is 1.71 bits per heavy atom. The Balaban J connectivity index is 2.12. The lowest BCUT2D eigenvalue weighted by molar-refractivity contribution is -0.156. The second-order valence-corrected chi connectivity index (χ2v) is 8.98. The average molecular weight is 551 g/mol. The number of carbonyl (C=O) groups excluding carboxylic acids is 3. The largest absolute Gasteiger partial charge is 0.493 e. The summed E-state index contributed by atoms with van der Waals surface area (Å²) in [5.74, 6) is -1.01. The van der Waals surface area contributed by atoms with Gasteiger partial charge in [0, 0.05) is 24.2 Å². The van der Waals surface area contributed by atoms with Gasteiger partial charge in [0.25, 0.3) is 5.91 Å². The van der Waals surface area contributed by atoms with Gasteiger partial charge in [-0.3, -0.25) is 9.59 Å². The first kappa shape index (κ1) is 30.7. The molecule has 0 aliphatic carbocycles. The number of halogens is 1. The first-order chi connectivity index (χ1) is 18.1. The van der Waals surface area contributed by atoms with Crippen molar-refractivity contribution in [2.45, 2.75) is 65.7 Å². The number of aromatic nitrogens is 1. The van der Waals surface area contributed by atoms with Gasteiger partial charge in [0.05, 0.1) is 7.11 Å². The minimum Gasteiger partial charge on any atom is -0.493 e. The first-order valence-corrected chi connectivity index (χ1v) is 12.7. The van der Waals surface area contributed by atoms with Crippen molar-refractivity contribution in [3.8, 4) is 17.2 Å². The number of nitrogens with zero attached hydrogens (tertiary/aromatic N) is 1. The Hall–Kier alpha value is -3.53. The van der Waals surface area contributed by atoms with E-state index < -0.39 is 42.9 Å². The Labute approximate surface area is 227 Å². The number of pyridine rings is 1. The Morgan fingerprint density at radius 1 is 1.05 bits per heavy atom. The average Bonchev–Trinajstić information content (AvgIpc) is 2.89. The van der Waals surface area contributed by atoms with Crippen molar-refractivity contribution in [3.63, 3.8) is 0 Å². The van der Waals surface area contributed by atoms with Gasteiger partial charge in [-0.1, -0.05) is 25.4 Å². The SMILES string of the molecule is CCC(CC)[C@@H](Oc1ccc(Cl)cc1)[C@H](C)OC(=O)[C@H](C)NC(=O)c1nccc(OC)c1OCOC(C)=O. The molecule has 2 rings (SSSR count). The molecule has 0 bridgehead atoms. The molecule has 2 aromatic rings. The highest BCUT2D eigenvalue weighted by molar-refractivity contribution is 6.30. The van der Waals surface area contributed by atoms with Crippen molar-refractivity contribution in [1.29, 1.82) is 0 Å². The molecule has 10 nitrogen and oxygen atoms in total. The molecule has 0 unspecified atom stereocenters. The van der Waals surface area contributed by atoms with E-state index in [1.165, 1.54) is 33.2 Å². The molecule has 3 atom stereocenters. The van der Waals surface area contributed by atoms with Gasteiger partial charge in [-0.25, -0.2) is 9.78 Å². The van der Waals surface area contributed by atoms with Gasteiger partial charge < -0.3 is 29.0 Å². The quantitative estimate of drug-likeness (QED) is 0.266. The molecule has 0 spiro atoms. The maximum atomic E-state index is 13.0. The lowest BCUT2D eigenvalue weighted by atomic mass is 9.93. The van der Waals surface area contributed by atoms with E-state index in [-0.39, 0.29) is 23.1 Å². The zero-order valence-electron chi connectivity index (χ0n) is 22.5. The van der Waals surface area contributed by atoms with Crippen molar-refractivity contribution in [2.24, 2.45) is 5.92 Å². The highest BCUT2D eigenvalue weighted by Crippen LogP contribution is 2.30. The van der Waals surface area contributed by atoms with Gasteiger partial charge in [-0.2, -0.15) is 0 Å². The van der Waals surface area contributed by atoms with Crippen LogP contribution in [0.4, 0.5) is 0 Å². The summed E-state index contributed by atoms with van der Waals surface area (Å²) in [6, 6.07) is 7.45. The Morgan fingerprint density at radius 3 is 2.29 bits per heavy atom. The molecule has 0 aliphatic heterocycles. The van der Waals surface area contributed by atoms with Crippen LogP contribution < -0.4 is 19.5 Å². The summed E-state index contributed by atoms with van der Waals surface area (Å²) in [6.07, 6.45) is 1.96. The third-order valence-corrected chi connectivity index (χ3v) is 6.09. The van der Waals surface area contributed by atoms with Crippen LogP contribution in [0.1, 0.15) is 57.9 Å². The summed E-state index contributed by atoms with van der Waals surface area (Å²) < 4.78 is 27.3. The van der Waals surface area contributed by atoms with Crippen LogP contribution in [-0.2, 0) is 19.1 Å². The lowest BCUT2D eigenvalue weighted by Crippen LogP contribution is -2.45. The Kier molecular flexibility index (Phi) is 12.1. The van der Waals surface area contributed by atoms with Gasteiger partial charge in [-0.05, 0) is 56.9 Å². The van der Waals surface area contributed by atoms with Crippen LogP contribution >= 0.6 is 11.6 Å². The highest BCUT2D eigenvalue weighted by atomic mass is 35.5. The second-order valence-electron chi connectivity index (χ2n) is 8.54. The maximum Gasteiger partial charge on any atom is 0.328 e. The van der Waals surface area contributed by atoms with E-state index in [4.69, 9.17) is 35.3 Å². The number of ether oxygens (including phenoxy) is 5. The molecule has 0 aliphatic rings. The first-order valence-electron chi connectivity index (χ1n) is 12.3. The summed E-state index contributed by atoms with van der Waals surface area (Å²) in [5.41, 5.74) is -0.148. The van der Waals surface area contributed by atoms with Crippen LogP contribution in [0.25, 0.3) is 0 Å². The summed E-state index contributed by atoms with van der Waals surface area (Å²) in [5, 5.41) is 3.16. The van der Waals surface area contributed by atoms with Crippen LogP contribution in [0.5, 0.6) is 17.2 Å². The van der Waals surface area contributed by atoms with E-state index in [2.05, 4.69) is 10.3 Å². The number of amides is 1. The third kappa shape index (κ3) is 8.79. The number of methoxy groups -OCH3 is 1. The fourth-order valence-corrected chi connectivity index (χ4v) is 3.87. The molecule has 11 heteroatoms. The number of carbonyl (C=O) groups is 3. The molecule has 0 fully saturated rings. The van der Waals surface area contributed by atoms with Crippen LogP contribution in [-0.4, -0.2) is 55.0 Å². The van der Waals surface area contributed by atoms with Gasteiger partial charge in [0.2, 0.25) is 6.79 Å². The normalized spacial score (nSPS) is 13.2. The molecule has 1 N–H and O–H groups in total. The standard InChI is InChI=1S/C27H35ClN2O8/c1-7-19(8-2)24(38-21-11-9-20(28)10-12-21)17(4)37-27(33)16(3)30-26(32)23-25(36-15-35-18(5)31)22(34-6)13-14-29-23/h9-14,16-17,19,24H,7-8,15H2,1-6H3,(H,30,32)/t16-,17-,24-/m0/s1. The van der Waals surface area contributed by atoms with E-state index in [1.807, 2.05) is 13.8 Å². The number of rotatable bonds is 14. The topological polar surface area (TPSA) is 122 Å². The van der Waals surface area contributed by atoms with Crippen molar-refractivity contribution in [2.75, 3.05) is 13.9 Å². The van der Waals surface area contributed by atoms with E-state index in [1.54, 1.807) is 31.2 Å². The molecular weight excluding hydrogens is 516 g/mol. The smallest absolute Gasteiger partial charge is 0.328 e. The van der Waals surface area contributed by atoms with Crippen LogP contribution in [0.3, 0.4) is 0 Å². The van der Waals surface area contributed by atoms with Gasteiger partial charge >= 0.3 is 11.9 Å². The predicted molar refractivity (Wildman–Crippen MR) is 140 cm³/mol. The van der Waals surface area contributed by atoms with Gasteiger partial charge in [0.15, 0.2) is 17.2 Å². The van der Waals surface area contributed by atoms with E-state index >= 15 is 0 Å². The zero-order chi connectivity index (χ0) is 28.2. The van der Waals surface area contributed by atoms with Crippen LogP contribution in [0.15, 0.2) is 36.5 Å². The molecule has 1 aromatic heterocycles. The molecule has 0 radical (unpaired) electrons. The zero-order valence-corrected chi connectivity index (χ0v) is 23.2. The number of esters is 2. The number of hydrogen-bond donors (Lipinski definition) is 1. The number of nitrogens with one attached hydrogen (secondary N) is 1. The Bertz CT molecular complexity index is 1080. The molecule has 38 heavy (non-hydrogen) atoms. The summed E-state index contributed by atoms with van der Waals surface area (Å²) in [6.45, 7) is 8.13. The third-order valence-electron chi connectivity index (χ3n) is 5.83. The molecule has 208 valence electrons. The molecule has 1 heterocycles. The molecule has 1 amide bonds. The number of benzene rings is 1. The molecule has 0 saturated carbocycles. The fraction of sp³-hybridized carbons (Fsp3) is 0.481. The fourth-order valence-electron chi connectivity index (χ4n) is 3.74. The molecule has 0 saturated heterocycles. The minimum atomic E-state index is -1.02. The minimum absolute atomic E-state index is 0.0344. The summed E-state index contributed by atoms with van der Waals surface area (Å²) >= 11 is 5.98.